The molecule has 1 amide bonds. The Morgan fingerprint density at radius 1 is 1.19 bits per heavy atom. The SMILES string of the molecule is COC1C(=O)Nc2ccc(C=CCC(C)c3ccc(C)o3)cc2C1(O)c1ccccc1. The lowest BCUT2D eigenvalue weighted by Crippen LogP contribution is -2.52. The van der Waals surface area contributed by atoms with Gasteiger partial charge in [-0.3, -0.25) is 4.79 Å². The van der Waals surface area contributed by atoms with Crippen molar-refractivity contribution in [3.63, 3.8) is 0 Å². The van der Waals surface area contributed by atoms with Crippen molar-refractivity contribution in [2.45, 2.75) is 37.9 Å². The number of anilines is 1. The van der Waals surface area contributed by atoms with E-state index in [1.165, 1.54) is 7.11 Å². The number of aliphatic hydroxyl groups is 1. The number of amides is 1. The van der Waals surface area contributed by atoms with Gasteiger partial charge in [-0.1, -0.05) is 55.5 Å². The zero-order valence-corrected chi connectivity index (χ0v) is 18.0. The number of fused-ring (bicyclic) bond motifs is 1. The largest absolute Gasteiger partial charge is 0.466 e. The number of rotatable bonds is 6. The molecule has 1 aromatic heterocycles. The van der Waals surface area contributed by atoms with Gasteiger partial charge in [0, 0.05) is 24.3 Å². The highest BCUT2D eigenvalue weighted by atomic mass is 16.5. The minimum atomic E-state index is -1.59. The van der Waals surface area contributed by atoms with Crippen LogP contribution >= 0.6 is 0 Å². The Balaban J connectivity index is 1.66. The van der Waals surface area contributed by atoms with Crippen molar-refractivity contribution in [1.29, 1.82) is 0 Å². The highest BCUT2D eigenvalue weighted by Gasteiger charge is 2.49. The van der Waals surface area contributed by atoms with Gasteiger partial charge in [0.1, 0.15) is 11.5 Å². The van der Waals surface area contributed by atoms with Crippen LogP contribution in [-0.4, -0.2) is 24.2 Å². The summed E-state index contributed by atoms with van der Waals surface area (Å²) in [7, 11) is 1.44. The average molecular weight is 418 g/mol. The summed E-state index contributed by atoms with van der Waals surface area (Å²) < 4.78 is 11.2. The minimum Gasteiger partial charge on any atom is -0.466 e. The minimum absolute atomic E-state index is 0.265. The first-order valence-electron chi connectivity index (χ1n) is 10.4. The first-order valence-corrected chi connectivity index (χ1v) is 10.4. The number of furan rings is 1. The van der Waals surface area contributed by atoms with Crippen molar-refractivity contribution in [3.8, 4) is 0 Å². The second-order valence-electron chi connectivity index (χ2n) is 8.03. The molecular weight excluding hydrogens is 390 g/mol. The Bertz CT molecular complexity index is 1100. The van der Waals surface area contributed by atoms with Gasteiger partial charge in [-0.2, -0.15) is 0 Å². The summed E-state index contributed by atoms with van der Waals surface area (Å²) in [5.41, 5.74) is 1.15. The highest BCUT2D eigenvalue weighted by molar-refractivity contribution is 5.99. The van der Waals surface area contributed by atoms with Crippen LogP contribution in [0.25, 0.3) is 6.08 Å². The molecule has 3 unspecified atom stereocenters. The van der Waals surface area contributed by atoms with E-state index in [1.54, 1.807) is 0 Å². The van der Waals surface area contributed by atoms with Crippen LogP contribution in [0.5, 0.6) is 0 Å². The molecule has 31 heavy (non-hydrogen) atoms. The molecule has 0 radical (unpaired) electrons. The number of hydrogen-bond acceptors (Lipinski definition) is 4. The monoisotopic (exact) mass is 417 g/mol. The summed E-state index contributed by atoms with van der Waals surface area (Å²) in [6.07, 6.45) is 3.89. The van der Waals surface area contributed by atoms with E-state index in [1.807, 2.05) is 73.7 Å². The number of carbonyl (C=O) groups excluding carboxylic acids is 1. The van der Waals surface area contributed by atoms with Gasteiger partial charge in [0.2, 0.25) is 0 Å². The zero-order valence-electron chi connectivity index (χ0n) is 18.0. The quantitative estimate of drug-likeness (QED) is 0.592. The van der Waals surface area contributed by atoms with Crippen LogP contribution in [-0.2, 0) is 15.1 Å². The van der Waals surface area contributed by atoms with Crippen LogP contribution in [0.15, 0.2) is 71.2 Å². The van der Waals surface area contributed by atoms with E-state index in [9.17, 15) is 9.90 Å². The molecule has 0 saturated carbocycles. The third kappa shape index (κ3) is 3.94. The average Bonchev–Trinajstić information content (AvgIpc) is 3.21. The highest BCUT2D eigenvalue weighted by Crippen LogP contribution is 2.42. The van der Waals surface area contributed by atoms with E-state index in [4.69, 9.17) is 9.15 Å². The van der Waals surface area contributed by atoms with Crippen LogP contribution in [0.1, 0.15) is 47.5 Å². The van der Waals surface area contributed by atoms with Gasteiger partial charge in [0.25, 0.3) is 5.91 Å². The molecule has 3 aromatic rings. The molecule has 1 aliphatic rings. The van der Waals surface area contributed by atoms with Crippen molar-refractivity contribution in [2.75, 3.05) is 12.4 Å². The third-order valence-corrected chi connectivity index (χ3v) is 5.83. The maximum absolute atomic E-state index is 12.6. The van der Waals surface area contributed by atoms with Crippen molar-refractivity contribution < 1.29 is 19.1 Å². The Morgan fingerprint density at radius 3 is 2.65 bits per heavy atom. The summed E-state index contributed by atoms with van der Waals surface area (Å²) in [4.78, 5) is 12.6. The van der Waals surface area contributed by atoms with Crippen LogP contribution in [0.2, 0.25) is 0 Å². The van der Waals surface area contributed by atoms with Gasteiger partial charge in [0.05, 0.1) is 0 Å². The number of aryl methyl sites for hydroxylation is 1. The van der Waals surface area contributed by atoms with E-state index in [2.05, 4.69) is 18.3 Å². The standard InChI is InChI=1S/C26H27NO4/c1-17(23-15-12-18(2)31-23)8-7-9-19-13-14-22-21(16-19)26(29,20-10-5-4-6-11-20)24(30-3)25(28)27-22/h4-7,9-17,24,29H,8H2,1-3H3,(H,27,28). The Kier molecular flexibility index (Phi) is 5.81. The Labute approximate surface area is 182 Å². The predicted molar refractivity (Wildman–Crippen MR) is 121 cm³/mol. The van der Waals surface area contributed by atoms with Gasteiger partial charge >= 0.3 is 0 Å². The number of ether oxygens (including phenoxy) is 1. The summed E-state index contributed by atoms with van der Waals surface area (Å²) in [5.74, 6) is 1.78. The number of nitrogens with one attached hydrogen (secondary N) is 1. The van der Waals surface area contributed by atoms with Crippen molar-refractivity contribution in [1.82, 2.24) is 0 Å². The van der Waals surface area contributed by atoms with Gasteiger partial charge in [-0.05, 0) is 48.7 Å². The molecule has 3 atom stereocenters. The van der Waals surface area contributed by atoms with E-state index < -0.39 is 11.7 Å². The van der Waals surface area contributed by atoms with E-state index in [0.717, 1.165) is 23.5 Å². The van der Waals surface area contributed by atoms with Gasteiger partial charge < -0.3 is 19.6 Å². The Morgan fingerprint density at radius 2 is 1.97 bits per heavy atom. The van der Waals surface area contributed by atoms with Crippen LogP contribution in [0.3, 0.4) is 0 Å². The maximum atomic E-state index is 12.6. The molecule has 0 saturated heterocycles. The molecule has 5 heteroatoms. The normalized spacial score (nSPS) is 21.7. The molecule has 0 spiro atoms. The molecular formula is C26H27NO4. The van der Waals surface area contributed by atoms with E-state index in [-0.39, 0.29) is 11.8 Å². The molecule has 0 aliphatic carbocycles. The Hall–Kier alpha value is -3.15. The summed E-state index contributed by atoms with van der Waals surface area (Å²) in [6.45, 7) is 4.07. The van der Waals surface area contributed by atoms with Gasteiger partial charge in [-0.15, -0.1) is 0 Å². The summed E-state index contributed by atoms with van der Waals surface area (Å²) in [5, 5.41) is 14.6. The number of carbonyl (C=O) groups is 1. The number of methoxy groups -OCH3 is 1. The van der Waals surface area contributed by atoms with Crippen LogP contribution < -0.4 is 5.32 Å². The molecule has 160 valence electrons. The molecule has 1 aliphatic heterocycles. The third-order valence-electron chi connectivity index (χ3n) is 5.83. The number of allylic oxidation sites excluding steroid dienone is 1. The molecule has 2 N–H and O–H groups in total. The van der Waals surface area contributed by atoms with Crippen molar-refractivity contribution >= 4 is 17.7 Å². The second kappa shape index (κ2) is 8.53. The van der Waals surface area contributed by atoms with Crippen LogP contribution in [0.4, 0.5) is 5.69 Å². The summed E-state index contributed by atoms with van der Waals surface area (Å²) in [6, 6.07) is 18.8. The lowest BCUT2D eigenvalue weighted by molar-refractivity contribution is -0.142. The topological polar surface area (TPSA) is 71.7 Å². The zero-order chi connectivity index (χ0) is 22.0. The fourth-order valence-corrected chi connectivity index (χ4v) is 4.14. The smallest absolute Gasteiger partial charge is 0.257 e. The molecule has 5 nitrogen and oxygen atoms in total. The lowest BCUT2D eigenvalue weighted by atomic mass is 9.77. The molecule has 4 rings (SSSR count). The van der Waals surface area contributed by atoms with Crippen LogP contribution in [0, 0.1) is 6.92 Å². The lowest BCUT2D eigenvalue weighted by Gasteiger charge is -2.40. The van der Waals surface area contributed by atoms with Crippen molar-refractivity contribution in [3.05, 3.63) is 95.0 Å². The van der Waals surface area contributed by atoms with Gasteiger partial charge in [-0.25, -0.2) is 0 Å². The molecule has 0 fully saturated rings. The second-order valence-corrected chi connectivity index (χ2v) is 8.03. The molecule has 0 bridgehead atoms. The fraction of sp³-hybridized carbons (Fsp3) is 0.269. The predicted octanol–water partition coefficient (Wildman–Crippen LogP) is 5.00. The summed E-state index contributed by atoms with van der Waals surface area (Å²) >= 11 is 0. The fourth-order valence-electron chi connectivity index (χ4n) is 4.14. The van der Waals surface area contributed by atoms with E-state index >= 15 is 0 Å². The van der Waals surface area contributed by atoms with Gasteiger partial charge in [0.15, 0.2) is 11.7 Å². The number of benzene rings is 2. The molecule has 2 heterocycles. The number of hydrogen-bond donors (Lipinski definition) is 2. The van der Waals surface area contributed by atoms with E-state index in [0.29, 0.717) is 16.8 Å². The first kappa shape index (κ1) is 21.1. The molecule has 2 aromatic carbocycles. The maximum Gasteiger partial charge on any atom is 0.257 e. The first-order chi connectivity index (χ1) is 14.9. The van der Waals surface area contributed by atoms with Crippen molar-refractivity contribution in [2.24, 2.45) is 0 Å².